The van der Waals surface area contributed by atoms with Crippen LogP contribution in [0.4, 0.5) is 0 Å². The van der Waals surface area contributed by atoms with Gasteiger partial charge in [0.15, 0.2) is 0 Å². The fourth-order valence-electron chi connectivity index (χ4n) is 2.27. The third-order valence-corrected chi connectivity index (χ3v) is 4.31. The normalized spacial score (nSPS) is 11.7. The van der Waals surface area contributed by atoms with E-state index in [1.54, 1.807) is 39.5 Å². The SMILES string of the molecule is COc1cccc(C(CNC(=O)c2cc(OC)ccc2Br)OC)c1. The van der Waals surface area contributed by atoms with Crippen LogP contribution in [0.5, 0.6) is 11.5 Å². The van der Waals surface area contributed by atoms with Crippen molar-refractivity contribution in [1.82, 2.24) is 5.32 Å². The molecular weight excluding hydrogens is 374 g/mol. The Hall–Kier alpha value is -2.05. The van der Waals surface area contributed by atoms with Crippen molar-refractivity contribution in [2.75, 3.05) is 27.9 Å². The van der Waals surface area contributed by atoms with E-state index in [2.05, 4.69) is 21.2 Å². The lowest BCUT2D eigenvalue weighted by molar-refractivity contribution is 0.0826. The Bertz CT molecular complexity index is 705. The van der Waals surface area contributed by atoms with Gasteiger partial charge in [0, 0.05) is 18.1 Å². The highest BCUT2D eigenvalue weighted by Crippen LogP contribution is 2.24. The predicted octanol–water partition coefficient (Wildman–Crippen LogP) is 3.58. The van der Waals surface area contributed by atoms with Crippen LogP contribution in [-0.2, 0) is 4.74 Å². The third kappa shape index (κ3) is 4.49. The molecule has 0 radical (unpaired) electrons. The number of hydrogen-bond acceptors (Lipinski definition) is 4. The van der Waals surface area contributed by atoms with Crippen molar-refractivity contribution in [3.8, 4) is 11.5 Å². The molecule has 1 N–H and O–H groups in total. The van der Waals surface area contributed by atoms with Gasteiger partial charge in [-0.2, -0.15) is 0 Å². The second-order valence-electron chi connectivity index (χ2n) is 5.06. The minimum absolute atomic E-state index is 0.203. The zero-order chi connectivity index (χ0) is 17.5. The van der Waals surface area contributed by atoms with Gasteiger partial charge in [0.1, 0.15) is 11.5 Å². The Morgan fingerprint density at radius 2 is 1.79 bits per heavy atom. The third-order valence-electron chi connectivity index (χ3n) is 3.62. The van der Waals surface area contributed by atoms with Gasteiger partial charge in [0.05, 0.1) is 25.9 Å². The van der Waals surface area contributed by atoms with Crippen LogP contribution in [0, 0.1) is 0 Å². The van der Waals surface area contributed by atoms with E-state index in [0.29, 0.717) is 22.3 Å². The molecule has 1 atom stereocenters. The van der Waals surface area contributed by atoms with Crippen LogP contribution in [0.15, 0.2) is 46.9 Å². The summed E-state index contributed by atoms with van der Waals surface area (Å²) in [7, 11) is 4.79. The summed E-state index contributed by atoms with van der Waals surface area (Å²) in [6, 6.07) is 12.8. The summed E-state index contributed by atoms with van der Waals surface area (Å²) in [4.78, 5) is 12.4. The number of methoxy groups -OCH3 is 3. The molecule has 0 fully saturated rings. The van der Waals surface area contributed by atoms with Crippen molar-refractivity contribution in [3.63, 3.8) is 0 Å². The number of rotatable bonds is 7. The molecule has 0 aromatic heterocycles. The number of benzene rings is 2. The Kier molecular flexibility index (Phi) is 6.63. The lowest BCUT2D eigenvalue weighted by atomic mass is 10.1. The van der Waals surface area contributed by atoms with Crippen LogP contribution >= 0.6 is 15.9 Å². The van der Waals surface area contributed by atoms with Gasteiger partial charge in [-0.25, -0.2) is 0 Å². The second kappa shape index (κ2) is 8.70. The van der Waals surface area contributed by atoms with Crippen LogP contribution in [0.1, 0.15) is 22.0 Å². The number of nitrogens with one attached hydrogen (secondary N) is 1. The molecule has 24 heavy (non-hydrogen) atoms. The van der Waals surface area contributed by atoms with Gasteiger partial charge in [-0.1, -0.05) is 12.1 Å². The largest absolute Gasteiger partial charge is 0.497 e. The van der Waals surface area contributed by atoms with Gasteiger partial charge in [0.25, 0.3) is 5.91 Å². The minimum Gasteiger partial charge on any atom is -0.497 e. The molecule has 5 nitrogen and oxygen atoms in total. The van der Waals surface area contributed by atoms with Crippen molar-refractivity contribution >= 4 is 21.8 Å². The fraction of sp³-hybridized carbons (Fsp3) is 0.278. The van der Waals surface area contributed by atoms with Crippen molar-refractivity contribution in [2.45, 2.75) is 6.10 Å². The molecule has 0 saturated heterocycles. The first-order valence-electron chi connectivity index (χ1n) is 7.37. The highest BCUT2D eigenvalue weighted by atomic mass is 79.9. The Morgan fingerprint density at radius 3 is 2.46 bits per heavy atom. The maximum atomic E-state index is 12.4. The highest BCUT2D eigenvalue weighted by Gasteiger charge is 2.16. The smallest absolute Gasteiger partial charge is 0.252 e. The van der Waals surface area contributed by atoms with Gasteiger partial charge in [0.2, 0.25) is 0 Å². The van der Waals surface area contributed by atoms with E-state index in [0.717, 1.165) is 11.3 Å². The second-order valence-corrected chi connectivity index (χ2v) is 5.91. The fourth-order valence-corrected chi connectivity index (χ4v) is 2.69. The number of ether oxygens (including phenoxy) is 3. The first kappa shape index (κ1) is 18.3. The molecule has 0 bridgehead atoms. The first-order chi connectivity index (χ1) is 11.6. The maximum Gasteiger partial charge on any atom is 0.252 e. The molecule has 2 aromatic rings. The molecule has 0 saturated carbocycles. The molecular formula is C18H20BrNO4. The lowest BCUT2D eigenvalue weighted by Crippen LogP contribution is -2.29. The number of carbonyl (C=O) groups excluding carboxylic acids is 1. The molecule has 2 aromatic carbocycles. The van der Waals surface area contributed by atoms with Gasteiger partial charge in [-0.3, -0.25) is 4.79 Å². The van der Waals surface area contributed by atoms with Gasteiger partial charge >= 0.3 is 0 Å². The molecule has 1 amide bonds. The molecule has 0 aliphatic heterocycles. The summed E-state index contributed by atoms with van der Waals surface area (Å²) in [6.07, 6.45) is -0.270. The number of amides is 1. The van der Waals surface area contributed by atoms with Crippen LogP contribution in [-0.4, -0.2) is 33.8 Å². The van der Waals surface area contributed by atoms with E-state index in [9.17, 15) is 4.79 Å². The van der Waals surface area contributed by atoms with Crippen molar-refractivity contribution in [1.29, 1.82) is 0 Å². The minimum atomic E-state index is -0.270. The summed E-state index contributed by atoms with van der Waals surface area (Å²) in [5.74, 6) is 1.17. The molecule has 0 heterocycles. The zero-order valence-corrected chi connectivity index (χ0v) is 15.4. The van der Waals surface area contributed by atoms with E-state index in [1.165, 1.54) is 0 Å². The van der Waals surface area contributed by atoms with E-state index in [-0.39, 0.29) is 12.0 Å². The standard InChI is InChI=1S/C18H20BrNO4/c1-22-13-6-4-5-12(9-13)17(24-3)11-20-18(21)15-10-14(23-2)7-8-16(15)19/h4-10,17H,11H2,1-3H3,(H,20,21). The van der Waals surface area contributed by atoms with Gasteiger partial charge in [-0.15, -0.1) is 0 Å². The highest BCUT2D eigenvalue weighted by molar-refractivity contribution is 9.10. The molecule has 0 spiro atoms. The summed E-state index contributed by atoms with van der Waals surface area (Å²) in [5, 5.41) is 2.89. The number of carbonyl (C=O) groups is 1. The molecule has 1 unspecified atom stereocenters. The summed E-state index contributed by atoms with van der Waals surface area (Å²) >= 11 is 3.38. The Labute approximate surface area is 150 Å². The Morgan fingerprint density at radius 1 is 1.08 bits per heavy atom. The summed E-state index contributed by atoms with van der Waals surface area (Å²) < 4.78 is 16.6. The average Bonchev–Trinajstić information content (AvgIpc) is 2.62. The van der Waals surface area contributed by atoms with Crippen LogP contribution in [0.2, 0.25) is 0 Å². The van der Waals surface area contributed by atoms with E-state index >= 15 is 0 Å². The maximum absolute atomic E-state index is 12.4. The molecule has 0 aliphatic rings. The van der Waals surface area contributed by atoms with E-state index in [1.807, 2.05) is 24.3 Å². The molecule has 128 valence electrons. The lowest BCUT2D eigenvalue weighted by Gasteiger charge is -2.17. The topological polar surface area (TPSA) is 56.8 Å². The van der Waals surface area contributed by atoms with E-state index in [4.69, 9.17) is 14.2 Å². The number of hydrogen-bond donors (Lipinski definition) is 1. The summed E-state index contributed by atoms with van der Waals surface area (Å²) in [6.45, 7) is 0.339. The Balaban J connectivity index is 2.08. The monoisotopic (exact) mass is 393 g/mol. The molecule has 2 rings (SSSR count). The summed E-state index contributed by atoms with van der Waals surface area (Å²) in [5.41, 5.74) is 1.44. The van der Waals surface area contributed by atoms with Gasteiger partial charge in [-0.05, 0) is 51.8 Å². The number of halogens is 1. The van der Waals surface area contributed by atoms with Crippen LogP contribution in [0.3, 0.4) is 0 Å². The van der Waals surface area contributed by atoms with Crippen LogP contribution < -0.4 is 14.8 Å². The first-order valence-corrected chi connectivity index (χ1v) is 8.16. The van der Waals surface area contributed by atoms with Crippen molar-refractivity contribution in [3.05, 3.63) is 58.1 Å². The van der Waals surface area contributed by atoms with Crippen LogP contribution in [0.25, 0.3) is 0 Å². The predicted molar refractivity (Wildman–Crippen MR) is 95.8 cm³/mol. The average molecular weight is 394 g/mol. The van der Waals surface area contributed by atoms with E-state index < -0.39 is 0 Å². The quantitative estimate of drug-likeness (QED) is 0.780. The zero-order valence-electron chi connectivity index (χ0n) is 13.8. The van der Waals surface area contributed by atoms with Crippen molar-refractivity contribution < 1.29 is 19.0 Å². The van der Waals surface area contributed by atoms with Crippen molar-refractivity contribution in [2.24, 2.45) is 0 Å². The molecule has 6 heteroatoms. The molecule has 0 aliphatic carbocycles. The van der Waals surface area contributed by atoms with Gasteiger partial charge < -0.3 is 19.5 Å².